The monoisotopic (exact) mass is 277 g/mol. The summed E-state index contributed by atoms with van der Waals surface area (Å²) in [4.78, 5) is 14.0. The highest BCUT2D eigenvalue weighted by Crippen LogP contribution is 2.17. The van der Waals surface area contributed by atoms with Gasteiger partial charge in [0.15, 0.2) is 0 Å². The van der Waals surface area contributed by atoms with E-state index in [-0.39, 0.29) is 0 Å². The minimum Gasteiger partial charge on any atom is -0.354 e. The minimum absolute atomic E-state index is 0.593. The quantitative estimate of drug-likeness (QED) is 0.892. The second kappa shape index (κ2) is 6.88. The summed E-state index contributed by atoms with van der Waals surface area (Å²) in [7, 11) is 0. The SMILES string of the molecule is CCN1CCN(c2cc(C)nc(NCC(C)C)n2)CC1. The van der Waals surface area contributed by atoms with E-state index in [1.807, 2.05) is 6.92 Å². The largest absolute Gasteiger partial charge is 0.354 e. The molecule has 1 aliphatic rings. The van der Waals surface area contributed by atoms with Crippen LogP contribution in [0, 0.1) is 12.8 Å². The van der Waals surface area contributed by atoms with Gasteiger partial charge in [-0.25, -0.2) is 4.98 Å². The highest BCUT2D eigenvalue weighted by atomic mass is 15.3. The highest BCUT2D eigenvalue weighted by molar-refractivity contribution is 5.45. The number of aryl methyl sites for hydroxylation is 1. The zero-order valence-corrected chi connectivity index (χ0v) is 13.2. The van der Waals surface area contributed by atoms with E-state index in [4.69, 9.17) is 0 Å². The molecule has 1 fully saturated rings. The summed E-state index contributed by atoms with van der Waals surface area (Å²) in [6, 6.07) is 2.09. The van der Waals surface area contributed by atoms with Crippen molar-refractivity contribution in [2.24, 2.45) is 5.92 Å². The summed E-state index contributed by atoms with van der Waals surface area (Å²) in [6.07, 6.45) is 0. The minimum atomic E-state index is 0.593. The van der Waals surface area contributed by atoms with Crippen LogP contribution in [-0.4, -0.2) is 54.1 Å². The van der Waals surface area contributed by atoms with Crippen LogP contribution in [0.5, 0.6) is 0 Å². The Kier molecular flexibility index (Phi) is 5.17. The molecule has 1 aromatic heterocycles. The van der Waals surface area contributed by atoms with Crippen LogP contribution in [0.1, 0.15) is 26.5 Å². The molecule has 0 amide bonds. The maximum Gasteiger partial charge on any atom is 0.224 e. The van der Waals surface area contributed by atoms with Gasteiger partial charge >= 0.3 is 0 Å². The standard InChI is InChI=1S/C15H27N5/c1-5-19-6-8-20(9-7-19)14-10-13(4)17-15(18-14)16-11-12(2)3/h10,12H,5-9,11H2,1-4H3,(H,16,17,18). The van der Waals surface area contributed by atoms with E-state index in [0.717, 1.165) is 56.7 Å². The maximum atomic E-state index is 4.67. The molecule has 1 aromatic rings. The fourth-order valence-electron chi connectivity index (χ4n) is 2.38. The summed E-state index contributed by atoms with van der Waals surface area (Å²) in [5.74, 6) is 2.40. The molecule has 2 heterocycles. The Labute approximate surface area is 122 Å². The molecular weight excluding hydrogens is 250 g/mol. The van der Waals surface area contributed by atoms with Crippen molar-refractivity contribution < 1.29 is 0 Å². The van der Waals surface area contributed by atoms with Gasteiger partial charge in [0.25, 0.3) is 0 Å². The summed E-state index contributed by atoms with van der Waals surface area (Å²) >= 11 is 0. The van der Waals surface area contributed by atoms with Crippen LogP contribution in [-0.2, 0) is 0 Å². The van der Waals surface area contributed by atoms with Crippen LogP contribution in [0.3, 0.4) is 0 Å². The van der Waals surface area contributed by atoms with Gasteiger partial charge in [-0.05, 0) is 19.4 Å². The third-order valence-electron chi connectivity index (χ3n) is 3.65. The normalized spacial score (nSPS) is 16.8. The number of hydrogen-bond donors (Lipinski definition) is 1. The lowest BCUT2D eigenvalue weighted by atomic mass is 10.2. The number of piperazine rings is 1. The summed E-state index contributed by atoms with van der Waals surface area (Å²) in [6.45, 7) is 15.0. The van der Waals surface area contributed by atoms with E-state index in [0.29, 0.717) is 5.92 Å². The molecular formula is C15H27N5. The number of nitrogens with zero attached hydrogens (tertiary/aromatic N) is 4. The average molecular weight is 277 g/mol. The van der Waals surface area contributed by atoms with E-state index in [1.165, 1.54) is 0 Å². The average Bonchev–Trinajstić information content (AvgIpc) is 2.44. The molecule has 0 unspecified atom stereocenters. The van der Waals surface area contributed by atoms with Crippen LogP contribution in [0.25, 0.3) is 0 Å². The number of rotatable bonds is 5. The molecule has 5 heteroatoms. The van der Waals surface area contributed by atoms with E-state index in [2.05, 4.69) is 51.9 Å². The fourth-order valence-corrected chi connectivity index (χ4v) is 2.38. The zero-order valence-electron chi connectivity index (χ0n) is 13.2. The van der Waals surface area contributed by atoms with Gasteiger partial charge in [-0.2, -0.15) is 4.98 Å². The van der Waals surface area contributed by atoms with Gasteiger partial charge in [-0.1, -0.05) is 20.8 Å². The van der Waals surface area contributed by atoms with Crippen molar-refractivity contribution in [3.8, 4) is 0 Å². The van der Waals surface area contributed by atoms with Gasteiger partial charge in [-0.3, -0.25) is 0 Å². The van der Waals surface area contributed by atoms with Crippen LogP contribution in [0.4, 0.5) is 11.8 Å². The van der Waals surface area contributed by atoms with Crippen LogP contribution in [0.15, 0.2) is 6.07 Å². The van der Waals surface area contributed by atoms with Crippen molar-refractivity contribution in [3.05, 3.63) is 11.8 Å². The van der Waals surface area contributed by atoms with Gasteiger partial charge in [-0.15, -0.1) is 0 Å². The molecule has 2 rings (SSSR count). The van der Waals surface area contributed by atoms with E-state index < -0.39 is 0 Å². The Hall–Kier alpha value is -1.36. The van der Waals surface area contributed by atoms with Gasteiger partial charge in [0.05, 0.1) is 0 Å². The van der Waals surface area contributed by atoms with Gasteiger partial charge in [0.1, 0.15) is 5.82 Å². The van der Waals surface area contributed by atoms with Crippen LogP contribution in [0.2, 0.25) is 0 Å². The number of nitrogens with one attached hydrogen (secondary N) is 1. The van der Waals surface area contributed by atoms with E-state index >= 15 is 0 Å². The van der Waals surface area contributed by atoms with Crippen LogP contribution >= 0.6 is 0 Å². The summed E-state index contributed by atoms with van der Waals surface area (Å²) in [5.41, 5.74) is 1.03. The first-order valence-electron chi connectivity index (χ1n) is 7.65. The van der Waals surface area contributed by atoms with E-state index in [9.17, 15) is 0 Å². The predicted molar refractivity (Wildman–Crippen MR) is 84.4 cm³/mol. The van der Waals surface area contributed by atoms with Crippen molar-refractivity contribution in [2.75, 3.05) is 49.5 Å². The molecule has 112 valence electrons. The number of anilines is 2. The first kappa shape index (κ1) is 15.0. The molecule has 0 radical (unpaired) electrons. The third kappa shape index (κ3) is 4.07. The maximum absolute atomic E-state index is 4.67. The van der Waals surface area contributed by atoms with Crippen molar-refractivity contribution >= 4 is 11.8 Å². The Morgan fingerprint density at radius 2 is 1.90 bits per heavy atom. The Morgan fingerprint density at radius 3 is 2.50 bits per heavy atom. The van der Waals surface area contributed by atoms with E-state index in [1.54, 1.807) is 0 Å². The second-order valence-electron chi connectivity index (χ2n) is 5.89. The molecule has 0 spiro atoms. The lowest BCUT2D eigenvalue weighted by molar-refractivity contribution is 0.270. The van der Waals surface area contributed by atoms with Crippen LogP contribution < -0.4 is 10.2 Å². The number of hydrogen-bond acceptors (Lipinski definition) is 5. The summed E-state index contributed by atoms with van der Waals surface area (Å²) < 4.78 is 0. The molecule has 20 heavy (non-hydrogen) atoms. The number of likely N-dealkylation sites (N-methyl/N-ethyl adjacent to an activating group) is 1. The molecule has 0 bridgehead atoms. The topological polar surface area (TPSA) is 44.3 Å². The first-order valence-corrected chi connectivity index (χ1v) is 7.65. The van der Waals surface area contributed by atoms with Gasteiger partial charge < -0.3 is 15.1 Å². The predicted octanol–water partition coefficient (Wildman–Crippen LogP) is 1.99. The zero-order chi connectivity index (χ0) is 14.5. The molecule has 0 aliphatic carbocycles. The smallest absolute Gasteiger partial charge is 0.224 e. The Bertz CT molecular complexity index is 424. The molecule has 5 nitrogen and oxygen atoms in total. The molecule has 0 atom stereocenters. The first-order chi connectivity index (χ1) is 9.58. The molecule has 1 N–H and O–H groups in total. The molecule has 0 aromatic carbocycles. The summed E-state index contributed by atoms with van der Waals surface area (Å²) in [5, 5.41) is 3.33. The molecule has 0 saturated carbocycles. The third-order valence-corrected chi connectivity index (χ3v) is 3.65. The van der Waals surface area contributed by atoms with Crippen molar-refractivity contribution in [1.29, 1.82) is 0 Å². The van der Waals surface area contributed by atoms with Crippen molar-refractivity contribution in [1.82, 2.24) is 14.9 Å². The second-order valence-corrected chi connectivity index (χ2v) is 5.89. The van der Waals surface area contributed by atoms with Gasteiger partial charge in [0.2, 0.25) is 5.95 Å². The lowest BCUT2D eigenvalue weighted by Gasteiger charge is -2.34. The lowest BCUT2D eigenvalue weighted by Crippen LogP contribution is -2.46. The van der Waals surface area contributed by atoms with Crippen molar-refractivity contribution in [2.45, 2.75) is 27.7 Å². The molecule has 1 aliphatic heterocycles. The highest BCUT2D eigenvalue weighted by Gasteiger charge is 2.17. The number of aromatic nitrogens is 2. The fraction of sp³-hybridized carbons (Fsp3) is 0.733. The molecule has 1 saturated heterocycles. The Morgan fingerprint density at radius 1 is 1.20 bits per heavy atom. The Balaban J connectivity index is 2.04. The van der Waals surface area contributed by atoms with Crippen molar-refractivity contribution in [3.63, 3.8) is 0 Å². The van der Waals surface area contributed by atoms with Gasteiger partial charge in [0, 0.05) is 44.5 Å².